The van der Waals surface area contributed by atoms with Crippen LogP contribution in [0.4, 0.5) is 0 Å². The van der Waals surface area contributed by atoms with Gasteiger partial charge in [0, 0.05) is 23.1 Å². The Balaban J connectivity index is 2.06. The van der Waals surface area contributed by atoms with Crippen LogP contribution in [-0.2, 0) is 16.5 Å². The van der Waals surface area contributed by atoms with Crippen molar-refractivity contribution in [1.82, 2.24) is 0 Å². The van der Waals surface area contributed by atoms with Gasteiger partial charge in [0.05, 0.1) is 0 Å². The lowest BCUT2D eigenvalue weighted by atomic mass is 10.1. The van der Waals surface area contributed by atoms with E-state index in [0.29, 0.717) is 17.5 Å². The lowest BCUT2D eigenvalue weighted by molar-refractivity contribution is 0.101. The Morgan fingerprint density at radius 3 is 2.37 bits per heavy atom. The molecule has 0 radical (unpaired) electrons. The fourth-order valence-electron chi connectivity index (χ4n) is 2.77. The second-order valence-electron chi connectivity index (χ2n) is 6.18. The molecular weight excluding hydrogens is 368 g/mol. The number of Topliss-reactive ketones (excluding diaryl/α,β-unsaturated/α-hetero) is 1. The van der Waals surface area contributed by atoms with Gasteiger partial charge in [0.25, 0.3) is 0 Å². The molecule has 0 saturated carbocycles. The first-order valence-corrected chi connectivity index (χ1v) is 9.75. The summed E-state index contributed by atoms with van der Waals surface area (Å²) >= 11 is 0. The zero-order valence-electron chi connectivity index (χ0n) is 15.1. The monoisotopic (exact) mass is 386 g/mol. The van der Waals surface area contributed by atoms with Gasteiger partial charge in [-0.2, -0.15) is 8.42 Å². The summed E-state index contributed by atoms with van der Waals surface area (Å²) in [4.78, 5) is 22.9. The van der Waals surface area contributed by atoms with Crippen molar-refractivity contribution in [2.45, 2.75) is 32.1 Å². The molecular formula is C20H18O6S. The molecule has 0 spiro atoms. The van der Waals surface area contributed by atoms with E-state index in [0.717, 1.165) is 10.9 Å². The Kier molecular flexibility index (Phi) is 4.89. The SMILES string of the molecule is CCc1cc2c(C)cc(=O)oc2cc1OS(=O)(=O)c1ccc(C(C)=O)cc1. The molecule has 0 aliphatic heterocycles. The third kappa shape index (κ3) is 3.78. The Morgan fingerprint density at radius 1 is 1.11 bits per heavy atom. The highest BCUT2D eigenvalue weighted by Gasteiger charge is 2.20. The van der Waals surface area contributed by atoms with Gasteiger partial charge >= 0.3 is 15.7 Å². The third-order valence-electron chi connectivity index (χ3n) is 4.26. The first kappa shape index (κ1) is 18.8. The largest absolute Gasteiger partial charge is 0.423 e. The average Bonchev–Trinajstić information content (AvgIpc) is 2.61. The highest BCUT2D eigenvalue weighted by atomic mass is 32.2. The van der Waals surface area contributed by atoms with Crippen molar-refractivity contribution in [2.75, 3.05) is 0 Å². The van der Waals surface area contributed by atoms with Crippen molar-refractivity contribution in [3.05, 3.63) is 69.6 Å². The Hall–Kier alpha value is -2.93. The summed E-state index contributed by atoms with van der Waals surface area (Å²) in [5.41, 5.74) is 1.56. The summed E-state index contributed by atoms with van der Waals surface area (Å²) in [5, 5.41) is 0.724. The van der Waals surface area contributed by atoms with Gasteiger partial charge in [-0.3, -0.25) is 4.79 Å². The predicted molar refractivity (Wildman–Crippen MR) is 101 cm³/mol. The minimum absolute atomic E-state index is 0.0691. The molecule has 0 bridgehead atoms. The number of benzene rings is 2. The van der Waals surface area contributed by atoms with Crippen LogP contribution in [0.1, 0.15) is 35.3 Å². The lowest BCUT2D eigenvalue weighted by Crippen LogP contribution is -2.11. The van der Waals surface area contributed by atoms with E-state index in [1.165, 1.54) is 43.3 Å². The molecule has 140 valence electrons. The van der Waals surface area contributed by atoms with E-state index in [4.69, 9.17) is 8.60 Å². The standard InChI is InChI=1S/C20H18O6S/c1-4-14-10-17-12(2)9-20(22)25-19(17)11-18(14)26-27(23,24)16-7-5-15(6-8-16)13(3)21/h5-11H,4H2,1-3H3. The number of fused-ring (bicyclic) bond motifs is 1. The third-order valence-corrected chi connectivity index (χ3v) is 5.51. The quantitative estimate of drug-likeness (QED) is 0.378. The fraction of sp³-hybridized carbons (Fsp3) is 0.200. The number of carbonyl (C=O) groups is 1. The molecule has 0 saturated heterocycles. The molecule has 27 heavy (non-hydrogen) atoms. The van der Waals surface area contributed by atoms with E-state index >= 15 is 0 Å². The molecule has 3 rings (SSSR count). The molecule has 0 unspecified atom stereocenters. The van der Waals surface area contributed by atoms with E-state index in [1.807, 2.05) is 6.92 Å². The molecule has 7 heteroatoms. The highest BCUT2D eigenvalue weighted by Crippen LogP contribution is 2.30. The summed E-state index contributed by atoms with van der Waals surface area (Å²) in [6.07, 6.45) is 0.530. The highest BCUT2D eigenvalue weighted by molar-refractivity contribution is 7.87. The molecule has 0 fully saturated rings. The van der Waals surface area contributed by atoms with Crippen molar-refractivity contribution in [3.8, 4) is 5.75 Å². The maximum absolute atomic E-state index is 12.6. The predicted octanol–water partition coefficient (Wildman–Crippen LogP) is 3.63. The zero-order chi connectivity index (χ0) is 19.8. The second kappa shape index (κ2) is 7.00. The Bertz CT molecular complexity index is 1190. The van der Waals surface area contributed by atoms with Gasteiger partial charge < -0.3 is 8.60 Å². The molecule has 0 aliphatic rings. The van der Waals surface area contributed by atoms with Crippen LogP contribution in [-0.4, -0.2) is 14.2 Å². The van der Waals surface area contributed by atoms with E-state index in [2.05, 4.69) is 0 Å². The van der Waals surface area contributed by atoms with E-state index in [9.17, 15) is 18.0 Å². The van der Waals surface area contributed by atoms with Crippen LogP contribution in [0.2, 0.25) is 0 Å². The molecule has 2 aromatic carbocycles. The molecule has 3 aromatic rings. The number of ketones is 1. The number of hydrogen-bond donors (Lipinski definition) is 0. The first-order chi connectivity index (χ1) is 12.7. The number of carbonyl (C=O) groups excluding carboxylic acids is 1. The normalized spacial score (nSPS) is 11.5. The van der Waals surface area contributed by atoms with Gasteiger partial charge in [-0.1, -0.05) is 19.1 Å². The van der Waals surface area contributed by atoms with Crippen molar-refractivity contribution in [2.24, 2.45) is 0 Å². The summed E-state index contributed by atoms with van der Waals surface area (Å²) in [7, 11) is -4.11. The van der Waals surface area contributed by atoms with Gasteiger partial charge in [-0.15, -0.1) is 0 Å². The minimum atomic E-state index is -4.11. The average molecular weight is 386 g/mol. The first-order valence-electron chi connectivity index (χ1n) is 8.34. The maximum atomic E-state index is 12.6. The summed E-state index contributed by atoms with van der Waals surface area (Å²) in [5.74, 6) is -0.0533. The minimum Gasteiger partial charge on any atom is -0.423 e. The summed E-state index contributed by atoms with van der Waals surface area (Å²) in [6.45, 7) is 5.06. The maximum Gasteiger partial charge on any atom is 0.339 e. The van der Waals surface area contributed by atoms with Gasteiger partial charge in [0.15, 0.2) is 5.78 Å². The molecule has 0 amide bonds. The number of hydrogen-bond acceptors (Lipinski definition) is 6. The van der Waals surface area contributed by atoms with Crippen molar-refractivity contribution >= 4 is 26.9 Å². The van der Waals surface area contributed by atoms with Gasteiger partial charge in [0.1, 0.15) is 16.2 Å². The molecule has 0 N–H and O–H groups in total. The lowest BCUT2D eigenvalue weighted by Gasteiger charge is -2.12. The Labute approximate surface area is 156 Å². The van der Waals surface area contributed by atoms with Gasteiger partial charge in [-0.25, -0.2) is 4.79 Å². The van der Waals surface area contributed by atoms with Crippen LogP contribution in [0.15, 0.2) is 56.6 Å². The summed E-state index contributed by atoms with van der Waals surface area (Å²) in [6, 6.07) is 10.1. The molecule has 1 aromatic heterocycles. The topological polar surface area (TPSA) is 90.7 Å². The van der Waals surface area contributed by atoms with Gasteiger partial charge in [-0.05, 0) is 49.6 Å². The Morgan fingerprint density at radius 2 is 1.78 bits per heavy atom. The molecule has 0 atom stereocenters. The van der Waals surface area contributed by atoms with Crippen LogP contribution in [0.25, 0.3) is 11.0 Å². The van der Waals surface area contributed by atoms with Crippen LogP contribution in [0.5, 0.6) is 5.75 Å². The molecule has 6 nitrogen and oxygen atoms in total. The number of aryl methyl sites for hydroxylation is 2. The van der Waals surface area contributed by atoms with E-state index < -0.39 is 15.7 Å². The van der Waals surface area contributed by atoms with E-state index in [-0.39, 0.29) is 22.0 Å². The summed E-state index contributed by atoms with van der Waals surface area (Å²) < 4.78 is 35.7. The van der Waals surface area contributed by atoms with Crippen molar-refractivity contribution in [3.63, 3.8) is 0 Å². The van der Waals surface area contributed by atoms with Crippen LogP contribution in [0, 0.1) is 6.92 Å². The fourth-order valence-corrected chi connectivity index (χ4v) is 3.72. The van der Waals surface area contributed by atoms with Gasteiger partial charge in [0.2, 0.25) is 0 Å². The van der Waals surface area contributed by atoms with Crippen LogP contribution >= 0.6 is 0 Å². The molecule has 1 heterocycles. The van der Waals surface area contributed by atoms with Crippen molar-refractivity contribution in [1.29, 1.82) is 0 Å². The molecule has 0 aliphatic carbocycles. The van der Waals surface area contributed by atoms with Crippen LogP contribution in [0.3, 0.4) is 0 Å². The smallest absolute Gasteiger partial charge is 0.339 e. The zero-order valence-corrected chi connectivity index (χ0v) is 15.9. The van der Waals surface area contributed by atoms with Crippen LogP contribution < -0.4 is 9.81 Å². The van der Waals surface area contributed by atoms with E-state index in [1.54, 1.807) is 13.0 Å². The van der Waals surface area contributed by atoms with Crippen molar-refractivity contribution < 1.29 is 21.8 Å². The number of rotatable bonds is 5. The second-order valence-corrected chi connectivity index (χ2v) is 7.72.